The quantitative estimate of drug-likeness (QED) is 0.623. The van der Waals surface area contributed by atoms with Gasteiger partial charge in [-0.1, -0.05) is 18.3 Å². The highest BCUT2D eigenvalue weighted by Crippen LogP contribution is 2.28. The van der Waals surface area contributed by atoms with Gasteiger partial charge in [-0.15, -0.1) is 10.2 Å². The second-order valence-corrected chi connectivity index (χ2v) is 5.92. The van der Waals surface area contributed by atoms with Gasteiger partial charge in [0.2, 0.25) is 4.96 Å². The maximum atomic E-state index is 5.17. The predicted molar refractivity (Wildman–Crippen MR) is 87.6 cm³/mol. The summed E-state index contributed by atoms with van der Waals surface area (Å²) in [6, 6.07) is 9.78. The molecule has 0 radical (unpaired) electrons. The van der Waals surface area contributed by atoms with E-state index in [1.54, 1.807) is 11.6 Å². The summed E-state index contributed by atoms with van der Waals surface area (Å²) >= 11 is 1.49. The Balaban J connectivity index is 1.69. The molecular formula is C15H14N6OS. The van der Waals surface area contributed by atoms with E-state index in [0.29, 0.717) is 0 Å². The number of aromatic amines is 1. The van der Waals surface area contributed by atoms with Crippen LogP contribution < -0.4 is 4.74 Å². The van der Waals surface area contributed by atoms with Gasteiger partial charge in [0.05, 0.1) is 18.5 Å². The molecule has 1 N–H and O–H groups in total. The van der Waals surface area contributed by atoms with Crippen LogP contribution >= 0.6 is 11.3 Å². The number of ether oxygens (including phenoxy) is 1. The first-order valence-corrected chi connectivity index (χ1v) is 8.01. The highest BCUT2D eigenvalue weighted by Gasteiger charge is 2.14. The minimum absolute atomic E-state index is 0.789. The number of H-pyrrole nitrogens is 1. The van der Waals surface area contributed by atoms with Gasteiger partial charge in [-0.3, -0.25) is 5.10 Å². The van der Waals surface area contributed by atoms with Crippen molar-refractivity contribution in [2.75, 3.05) is 7.11 Å². The molecule has 8 heteroatoms. The summed E-state index contributed by atoms with van der Waals surface area (Å²) < 4.78 is 6.96. The molecule has 7 nitrogen and oxygen atoms in total. The molecule has 23 heavy (non-hydrogen) atoms. The summed E-state index contributed by atoms with van der Waals surface area (Å²) in [5, 5.41) is 21.1. The molecule has 0 aliphatic heterocycles. The first-order valence-electron chi connectivity index (χ1n) is 7.20. The zero-order valence-electron chi connectivity index (χ0n) is 12.6. The molecule has 0 amide bonds. The van der Waals surface area contributed by atoms with E-state index in [0.717, 1.165) is 44.9 Å². The van der Waals surface area contributed by atoms with Crippen LogP contribution in [-0.4, -0.2) is 37.1 Å². The molecule has 3 aromatic heterocycles. The molecule has 0 saturated heterocycles. The van der Waals surface area contributed by atoms with E-state index < -0.39 is 0 Å². The Hall–Kier alpha value is -2.74. The molecule has 0 unspecified atom stereocenters. The lowest BCUT2D eigenvalue weighted by Crippen LogP contribution is -1.93. The second kappa shape index (κ2) is 5.47. The molecule has 0 aliphatic rings. The van der Waals surface area contributed by atoms with Gasteiger partial charge in [0.1, 0.15) is 5.75 Å². The van der Waals surface area contributed by atoms with E-state index in [1.807, 2.05) is 37.3 Å². The van der Waals surface area contributed by atoms with Crippen LogP contribution in [0.25, 0.3) is 26.9 Å². The fraction of sp³-hybridized carbons (Fsp3) is 0.200. The largest absolute Gasteiger partial charge is 0.497 e. The minimum atomic E-state index is 0.789. The predicted octanol–water partition coefficient (Wildman–Crippen LogP) is 2.81. The fourth-order valence-corrected chi connectivity index (χ4v) is 3.15. The highest BCUT2D eigenvalue weighted by atomic mass is 32.1. The van der Waals surface area contributed by atoms with Crippen molar-refractivity contribution in [3.8, 4) is 27.7 Å². The number of fused-ring (bicyclic) bond motifs is 1. The third-order valence-corrected chi connectivity index (χ3v) is 4.50. The molecular weight excluding hydrogens is 312 g/mol. The number of aryl methyl sites for hydroxylation is 1. The van der Waals surface area contributed by atoms with Crippen LogP contribution in [0.3, 0.4) is 0 Å². The average molecular weight is 326 g/mol. The molecule has 0 saturated carbocycles. The summed E-state index contributed by atoms with van der Waals surface area (Å²) in [7, 11) is 1.65. The Kier molecular flexibility index (Phi) is 3.30. The smallest absolute Gasteiger partial charge is 0.235 e. The van der Waals surface area contributed by atoms with Crippen molar-refractivity contribution < 1.29 is 4.74 Å². The average Bonchev–Trinajstić information content (AvgIpc) is 3.29. The lowest BCUT2D eigenvalue weighted by molar-refractivity contribution is 0.415. The SMILES string of the molecule is CCc1nnc2sc(-c3cc(-c4ccc(OC)cc4)n[nH]3)nn12. The number of hydrogen-bond acceptors (Lipinski definition) is 6. The topological polar surface area (TPSA) is 81.0 Å². The number of hydrogen-bond donors (Lipinski definition) is 1. The van der Waals surface area contributed by atoms with Crippen LogP contribution in [0, 0.1) is 0 Å². The first-order chi connectivity index (χ1) is 11.3. The molecule has 4 rings (SSSR count). The number of rotatable bonds is 4. The zero-order chi connectivity index (χ0) is 15.8. The maximum absolute atomic E-state index is 5.17. The van der Waals surface area contributed by atoms with Crippen LogP contribution in [0.4, 0.5) is 0 Å². The van der Waals surface area contributed by atoms with Crippen molar-refractivity contribution in [3.63, 3.8) is 0 Å². The Morgan fingerprint density at radius 2 is 2.04 bits per heavy atom. The van der Waals surface area contributed by atoms with Gasteiger partial charge < -0.3 is 4.74 Å². The lowest BCUT2D eigenvalue weighted by atomic mass is 10.1. The van der Waals surface area contributed by atoms with Crippen molar-refractivity contribution in [2.24, 2.45) is 0 Å². The van der Waals surface area contributed by atoms with Crippen LogP contribution in [0.1, 0.15) is 12.7 Å². The van der Waals surface area contributed by atoms with E-state index in [9.17, 15) is 0 Å². The Morgan fingerprint density at radius 3 is 2.78 bits per heavy atom. The lowest BCUT2D eigenvalue weighted by Gasteiger charge is -1.99. The van der Waals surface area contributed by atoms with E-state index in [1.165, 1.54) is 11.3 Å². The van der Waals surface area contributed by atoms with Crippen molar-refractivity contribution in [3.05, 3.63) is 36.2 Å². The third-order valence-electron chi connectivity index (χ3n) is 3.57. The molecule has 0 fully saturated rings. The monoisotopic (exact) mass is 326 g/mol. The van der Waals surface area contributed by atoms with Crippen molar-refractivity contribution >= 4 is 16.3 Å². The number of aromatic nitrogens is 6. The first kappa shape index (κ1) is 13.9. The molecule has 3 heterocycles. The van der Waals surface area contributed by atoms with Gasteiger partial charge in [0.25, 0.3) is 0 Å². The van der Waals surface area contributed by atoms with Crippen LogP contribution in [0.15, 0.2) is 30.3 Å². The fourth-order valence-electron chi connectivity index (χ4n) is 2.33. The summed E-state index contributed by atoms with van der Waals surface area (Å²) in [6.45, 7) is 2.04. The molecule has 0 bridgehead atoms. The van der Waals surface area contributed by atoms with Crippen LogP contribution in [0.2, 0.25) is 0 Å². The Bertz CT molecular complexity index is 952. The number of nitrogens with zero attached hydrogens (tertiary/aromatic N) is 5. The van der Waals surface area contributed by atoms with Gasteiger partial charge in [-0.25, -0.2) is 0 Å². The summed E-state index contributed by atoms with van der Waals surface area (Å²) in [4.78, 5) is 0.789. The minimum Gasteiger partial charge on any atom is -0.497 e. The van der Waals surface area contributed by atoms with Crippen molar-refractivity contribution in [1.29, 1.82) is 0 Å². The van der Waals surface area contributed by atoms with Crippen LogP contribution in [-0.2, 0) is 6.42 Å². The Labute approximate surface area is 136 Å². The molecule has 4 aromatic rings. The number of nitrogens with one attached hydrogen (secondary N) is 1. The summed E-state index contributed by atoms with van der Waals surface area (Å²) in [5.74, 6) is 1.68. The highest BCUT2D eigenvalue weighted by molar-refractivity contribution is 7.19. The summed E-state index contributed by atoms with van der Waals surface area (Å²) in [5.41, 5.74) is 2.75. The van der Waals surface area contributed by atoms with Crippen molar-refractivity contribution in [1.82, 2.24) is 30.0 Å². The molecule has 0 spiro atoms. The molecule has 0 aliphatic carbocycles. The normalized spacial score (nSPS) is 11.2. The maximum Gasteiger partial charge on any atom is 0.235 e. The molecule has 0 atom stereocenters. The standard InChI is InChI=1S/C15H14N6OS/c1-3-13-18-19-15-21(13)20-14(23-15)12-8-11(16-17-12)9-4-6-10(22-2)7-5-9/h4-8H,3H2,1-2H3,(H,16,17). The van der Waals surface area contributed by atoms with Crippen molar-refractivity contribution in [2.45, 2.75) is 13.3 Å². The molecule has 1 aromatic carbocycles. The summed E-state index contributed by atoms with van der Waals surface area (Å²) in [6.07, 6.45) is 0.796. The molecule has 116 valence electrons. The van der Waals surface area contributed by atoms with Gasteiger partial charge >= 0.3 is 0 Å². The zero-order valence-corrected chi connectivity index (χ0v) is 13.5. The Morgan fingerprint density at radius 1 is 1.22 bits per heavy atom. The van der Waals surface area contributed by atoms with Crippen LogP contribution in [0.5, 0.6) is 5.75 Å². The van der Waals surface area contributed by atoms with E-state index >= 15 is 0 Å². The van der Waals surface area contributed by atoms with Gasteiger partial charge in [-0.05, 0) is 30.3 Å². The second-order valence-electron chi connectivity index (χ2n) is 4.97. The third kappa shape index (κ3) is 2.36. The number of benzene rings is 1. The number of methoxy groups -OCH3 is 1. The van der Waals surface area contributed by atoms with Gasteiger partial charge in [0.15, 0.2) is 10.8 Å². The van der Waals surface area contributed by atoms with E-state index in [2.05, 4.69) is 25.5 Å². The van der Waals surface area contributed by atoms with E-state index in [-0.39, 0.29) is 0 Å². The van der Waals surface area contributed by atoms with Gasteiger partial charge in [-0.2, -0.15) is 14.7 Å². The van der Waals surface area contributed by atoms with Gasteiger partial charge in [0, 0.05) is 12.0 Å². The van der Waals surface area contributed by atoms with E-state index in [4.69, 9.17) is 4.74 Å².